The summed E-state index contributed by atoms with van der Waals surface area (Å²) in [5.41, 5.74) is -3.92. The molecule has 29 heavy (non-hydrogen) atoms. The van der Waals surface area contributed by atoms with E-state index in [-0.39, 0.29) is 18.8 Å². The quantitative estimate of drug-likeness (QED) is 0.505. The van der Waals surface area contributed by atoms with E-state index in [0.29, 0.717) is 24.0 Å². The second-order valence-corrected chi connectivity index (χ2v) is 10.2. The minimum absolute atomic E-state index is 0.0426. The monoisotopic (exact) mass is 408 g/mol. The number of allylic oxidation sites excluding steroid dienone is 1. The fourth-order valence-corrected chi connectivity index (χ4v) is 7.04. The average molecular weight is 408 g/mol. The van der Waals surface area contributed by atoms with Crippen molar-refractivity contribution in [3.05, 3.63) is 11.1 Å². The van der Waals surface area contributed by atoms with Crippen LogP contribution in [-0.2, 0) is 19.0 Å². The first kappa shape index (κ1) is 19.5. The molecule has 0 aromatic heterocycles. The molecule has 5 aliphatic rings. The molecule has 160 valence electrons. The molecular weight excluding hydrogens is 380 g/mol. The molecule has 4 fully saturated rings. The number of aliphatic hydroxyl groups excluding tert-OH is 2. The number of ether oxygens (including phenoxy) is 3. The Bertz CT molecular complexity index is 848. The Labute approximate surface area is 168 Å². The number of carbonyl (C=O) groups excluding carboxylic acids is 2. The van der Waals surface area contributed by atoms with Gasteiger partial charge in [-0.3, -0.25) is 4.79 Å². The Morgan fingerprint density at radius 3 is 2.45 bits per heavy atom. The fraction of sp³-hybridized carbons (Fsp3) is 0.810. The van der Waals surface area contributed by atoms with Crippen LogP contribution in [0.25, 0.3) is 0 Å². The zero-order valence-electron chi connectivity index (χ0n) is 17.1. The highest BCUT2D eigenvalue weighted by Crippen LogP contribution is 2.65. The van der Waals surface area contributed by atoms with Gasteiger partial charge in [0.1, 0.15) is 11.7 Å². The van der Waals surface area contributed by atoms with Crippen LogP contribution in [0.3, 0.4) is 0 Å². The van der Waals surface area contributed by atoms with E-state index in [4.69, 9.17) is 14.2 Å². The lowest BCUT2D eigenvalue weighted by Gasteiger charge is -2.65. The fourth-order valence-electron chi connectivity index (χ4n) is 7.04. The van der Waals surface area contributed by atoms with Crippen LogP contribution in [0.2, 0.25) is 0 Å². The van der Waals surface area contributed by atoms with Crippen molar-refractivity contribution in [3.8, 4) is 0 Å². The van der Waals surface area contributed by atoms with Gasteiger partial charge in [0.2, 0.25) is 0 Å². The van der Waals surface area contributed by atoms with E-state index in [9.17, 15) is 24.9 Å². The lowest BCUT2D eigenvalue weighted by Crippen LogP contribution is -2.78. The molecule has 0 aromatic rings. The Morgan fingerprint density at radius 1 is 1.14 bits per heavy atom. The Hall–Kier alpha value is -1.48. The molecule has 8 nitrogen and oxygen atoms in total. The molecule has 2 aliphatic heterocycles. The summed E-state index contributed by atoms with van der Waals surface area (Å²) in [5, 5.41) is 34.3. The van der Waals surface area contributed by atoms with E-state index in [1.807, 2.05) is 6.92 Å². The van der Waals surface area contributed by atoms with Crippen molar-refractivity contribution in [3.63, 3.8) is 0 Å². The van der Waals surface area contributed by atoms with Crippen molar-refractivity contribution >= 4 is 11.9 Å². The predicted octanol–water partition coefficient (Wildman–Crippen LogP) is 0.858. The highest BCUT2D eigenvalue weighted by atomic mass is 16.8. The zero-order valence-corrected chi connectivity index (χ0v) is 17.1. The third-order valence-electron chi connectivity index (χ3n) is 8.77. The number of fused-ring (bicyclic) bond motifs is 5. The maximum absolute atomic E-state index is 13.0. The van der Waals surface area contributed by atoms with E-state index < -0.39 is 58.5 Å². The van der Waals surface area contributed by atoms with Crippen molar-refractivity contribution in [1.82, 2.24) is 0 Å². The molecule has 0 radical (unpaired) electrons. The summed E-state index contributed by atoms with van der Waals surface area (Å²) in [5.74, 6) is -1.02. The molecule has 2 saturated carbocycles. The molecule has 0 aromatic carbocycles. The van der Waals surface area contributed by atoms with Crippen LogP contribution < -0.4 is 0 Å². The highest BCUT2D eigenvalue weighted by molar-refractivity contribution is 5.98. The summed E-state index contributed by atoms with van der Waals surface area (Å²) >= 11 is 0. The van der Waals surface area contributed by atoms with Crippen LogP contribution >= 0.6 is 0 Å². The van der Waals surface area contributed by atoms with Crippen molar-refractivity contribution < 1.29 is 39.1 Å². The van der Waals surface area contributed by atoms with Gasteiger partial charge in [-0.25, -0.2) is 4.79 Å². The van der Waals surface area contributed by atoms with Gasteiger partial charge in [-0.2, -0.15) is 0 Å². The Kier molecular flexibility index (Phi) is 3.63. The van der Waals surface area contributed by atoms with Gasteiger partial charge in [-0.1, -0.05) is 20.8 Å². The number of ketones is 1. The van der Waals surface area contributed by atoms with Gasteiger partial charge < -0.3 is 29.5 Å². The zero-order chi connectivity index (χ0) is 21.1. The van der Waals surface area contributed by atoms with Gasteiger partial charge in [0, 0.05) is 16.7 Å². The van der Waals surface area contributed by atoms with Gasteiger partial charge >= 0.3 is 6.16 Å². The molecule has 2 saturated heterocycles. The summed E-state index contributed by atoms with van der Waals surface area (Å²) in [6, 6.07) is 0. The first-order valence-corrected chi connectivity index (χ1v) is 10.2. The molecular formula is C21H28O8. The summed E-state index contributed by atoms with van der Waals surface area (Å²) in [4.78, 5) is 25.4. The second kappa shape index (κ2) is 5.41. The number of aliphatic hydroxyl groups is 3. The van der Waals surface area contributed by atoms with Gasteiger partial charge in [0.05, 0.1) is 25.2 Å². The largest absolute Gasteiger partial charge is 0.509 e. The lowest BCUT2D eigenvalue weighted by molar-refractivity contribution is -0.334. The number of hydrogen-bond donors (Lipinski definition) is 3. The number of Topliss-reactive ketones (excluding diaryl/α,β-unsaturated/α-hetero) is 1. The number of hydrogen-bond acceptors (Lipinski definition) is 8. The molecule has 0 unspecified atom stereocenters. The van der Waals surface area contributed by atoms with Crippen LogP contribution in [0.4, 0.5) is 4.79 Å². The van der Waals surface area contributed by atoms with Crippen molar-refractivity contribution in [2.75, 3.05) is 6.61 Å². The Morgan fingerprint density at radius 2 is 1.83 bits per heavy atom. The summed E-state index contributed by atoms with van der Waals surface area (Å²) in [7, 11) is 0. The van der Waals surface area contributed by atoms with Gasteiger partial charge in [-0.15, -0.1) is 0 Å². The van der Waals surface area contributed by atoms with Crippen LogP contribution in [-0.4, -0.2) is 69.5 Å². The van der Waals surface area contributed by atoms with Crippen LogP contribution in [0, 0.1) is 16.7 Å². The minimum atomic E-state index is -1.38. The maximum atomic E-state index is 13.0. The van der Waals surface area contributed by atoms with Gasteiger partial charge in [-0.05, 0) is 30.9 Å². The van der Waals surface area contributed by atoms with Crippen LogP contribution in [0.1, 0.15) is 47.0 Å². The van der Waals surface area contributed by atoms with E-state index in [0.717, 1.165) is 0 Å². The maximum Gasteiger partial charge on any atom is 0.509 e. The standard InChI is InChI=1S/C21H28O8/c1-9-10(22)7-21-16(28-17(25)29-21)14-19(4,6-5-11-20(14,26)8-27-11)15(24)13(23)12(9)18(21,2)3/h11,13-16,23-24,26H,5-8H2,1-4H3/t11-,13-,14+,15+,16+,19-,20+,21-/m1/s1. The first-order chi connectivity index (χ1) is 13.4. The summed E-state index contributed by atoms with van der Waals surface area (Å²) < 4.78 is 17.0. The van der Waals surface area contributed by atoms with Crippen molar-refractivity contribution in [2.24, 2.45) is 16.7 Å². The third kappa shape index (κ3) is 1.99. The SMILES string of the molecule is CC1=C2[C@@H](O)[C@H](O)[C@]3(C)CC[C@H]4OC[C@@]4(O)[C@H]3[C@@H]3OC(=O)O[C@@]3(CC1=O)C2(C)C. The van der Waals surface area contributed by atoms with E-state index in [1.165, 1.54) is 0 Å². The topological polar surface area (TPSA) is 123 Å². The second-order valence-electron chi connectivity index (χ2n) is 10.2. The molecule has 2 bridgehead atoms. The normalized spacial score (nSPS) is 52.9. The molecule has 8 atom stereocenters. The molecule has 2 heterocycles. The van der Waals surface area contributed by atoms with Crippen molar-refractivity contribution in [1.29, 1.82) is 0 Å². The van der Waals surface area contributed by atoms with Crippen molar-refractivity contribution in [2.45, 2.75) is 82.6 Å². The van der Waals surface area contributed by atoms with Crippen LogP contribution in [0.5, 0.6) is 0 Å². The van der Waals surface area contributed by atoms with E-state index >= 15 is 0 Å². The first-order valence-electron chi connectivity index (χ1n) is 10.2. The Balaban J connectivity index is 1.82. The molecule has 0 amide bonds. The number of carbonyl (C=O) groups is 2. The smallest absolute Gasteiger partial charge is 0.426 e. The average Bonchev–Trinajstić information content (AvgIpc) is 2.94. The lowest BCUT2D eigenvalue weighted by atomic mass is 9.45. The summed E-state index contributed by atoms with van der Waals surface area (Å²) in [6.45, 7) is 7.09. The molecule has 3 aliphatic carbocycles. The molecule has 3 N–H and O–H groups in total. The summed E-state index contributed by atoms with van der Waals surface area (Å²) in [6.07, 6.45) is -4.00. The number of rotatable bonds is 0. The van der Waals surface area contributed by atoms with E-state index in [2.05, 4.69) is 0 Å². The molecule has 5 rings (SSSR count). The van der Waals surface area contributed by atoms with Gasteiger partial charge in [0.15, 0.2) is 17.5 Å². The van der Waals surface area contributed by atoms with Gasteiger partial charge in [0.25, 0.3) is 0 Å². The molecule has 1 spiro atoms. The third-order valence-corrected chi connectivity index (χ3v) is 8.77. The van der Waals surface area contributed by atoms with Crippen LogP contribution in [0.15, 0.2) is 11.1 Å². The highest BCUT2D eigenvalue weighted by Gasteiger charge is 2.77. The predicted molar refractivity (Wildman–Crippen MR) is 97.7 cm³/mol. The minimum Gasteiger partial charge on any atom is -0.426 e. The van der Waals surface area contributed by atoms with E-state index in [1.54, 1.807) is 20.8 Å². The molecule has 8 heteroatoms.